The molecular formula is C17H20N2O5S. The average molecular weight is 364 g/mol. The van der Waals surface area contributed by atoms with Gasteiger partial charge < -0.3 is 14.8 Å². The molecule has 0 fully saturated rings. The fourth-order valence-corrected chi connectivity index (χ4v) is 3.02. The summed E-state index contributed by atoms with van der Waals surface area (Å²) in [6.45, 7) is 4.21. The first-order valence-corrected chi connectivity index (χ1v) is 8.65. The van der Waals surface area contributed by atoms with Crippen LogP contribution in [-0.4, -0.2) is 24.5 Å². The van der Waals surface area contributed by atoms with Crippen LogP contribution in [0, 0.1) is 17.0 Å². The van der Waals surface area contributed by atoms with Crippen LogP contribution in [-0.2, 0) is 0 Å². The largest absolute Gasteiger partial charge is 0.497 e. The molecule has 2 rings (SSSR count). The second-order valence-electron chi connectivity index (χ2n) is 5.33. The number of aryl methyl sites for hydroxylation is 1. The van der Waals surface area contributed by atoms with Crippen LogP contribution >= 0.6 is 11.3 Å². The van der Waals surface area contributed by atoms with Crippen molar-refractivity contribution in [2.75, 3.05) is 19.0 Å². The third-order valence-corrected chi connectivity index (χ3v) is 4.54. The Hall–Kier alpha value is -2.61. The van der Waals surface area contributed by atoms with Crippen molar-refractivity contribution in [2.45, 2.75) is 26.7 Å². The standard InChI is InChI=1S/C17H20N2O5S/c1-4-5-8-24-15-7-6-12(23-3)9-13(15)18-17(20)16-10-14(19(21)22)11(2)25-16/h6-7,9-10H,4-5,8H2,1-3H3,(H,18,20). The van der Waals surface area contributed by atoms with Crippen molar-refractivity contribution in [3.63, 3.8) is 0 Å². The Kier molecular flexibility index (Phi) is 6.35. The van der Waals surface area contributed by atoms with E-state index in [-0.39, 0.29) is 10.6 Å². The predicted molar refractivity (Wildman–Crippen MR) is 97.1 cm³/mol. The summed E-state index contributed by atoms with van der Waals surface area (Å²) in [5.74, 6) is 0.687. The van der Waals surface area contributed by atoms with Crippen LogP contribution in [0.1, 0.15) is 34.3 Å². The SMILES string of the molecule is CCCCOc1ccc(OC)cc1NC(=O)c1cc([N+](=O)[O-])c(C)s1. The zero-order chi connectivity index (χ0) is 18.4. The minimum Gasteiger partial charge on any atom is -0.497 e. The number of hydrogen-bond acceptors (Lipinski definition) is 6. The van der Waals surface area contributed by atoms with Crippen LogP contribution in [0.4, 0.5) is 11.4 Å². The summed E-state index contributed by atoms with van der Waals surface area (Å²) >= 11 is 1.08. The lowest BCUT2D eigenvalue weighted by molar-refractivity contribution is -0.385. The van der Waals surface area contributed by atoms with Gasteiger partial charge in [0.05, 0.1) is 34.1 Å². The molecule has 0 aliphatic heterocycles. The van der Waals surface area contributed by atoms with Gasteiger partial charge in [-0.1, -0.05) is 13.3 Å². The molecule has 2 aromatic rings. The number of nitrogens with zero attached hydrogens (tertiary/aromatic N) is 1. The molecule has 1 N–H and O–H groups in total. The molecule has 0 radical (unpaired) electrons. The third kappa shape index (κ3) is 4.69. The van der Waals surface area contributed by atoms with Crippen LogP contribution in [0.5, 0.6) is 11.5 Å². The molecule has 1 amide bonds. The highest BCUT2D eigenvalue weighted by molar-refractivity contribution is 7.14. The van der Waals surface area contributed by atoms with E-state index < -0.39 is 10.8 Å². The van der Waals surface area contributed by atoms with E-state index in [1.165, 1.54) is 13.2 Å². The van der Waals surface area contributed by atoms with Crippen molar-refractivity contribution in [3.05, 3.63) is 44.1 Å². The number of nitro groups is 1. The van der Waals surface area contributed by atoms with Gasteiger partial charge >= 0.3 is 0 Å². The zero-order valence-corrected chi connectivity index (χ0v) is 15.1. The lowest BCUT2D eigenvalue weighted by atomic mass is 10.2. The van der Waals surface area contributed by atoms with Gasteiger partial charge in [0.15, 0.2) is 0 Å². The Bertz CT molecular complexity index is 772. The maximum Gasteiger partial charge on any atom is 0.283 e. The van der Waals surface area contributed by atoms with Crippen molar-refractivity contribution < 1.29 is 19.2 Å². The van der Waals surface area contributed by atoms with Crippen molar-refractivity contribution in [2.24, 2.45) is 0 Å². The van der Waals surface area contributed by atoms with Gasteiger partial charge in [0, 0.05) is 12.1 Å². The van der Waals surface area contributed by atoms with E-state index in [0.29, 0.717) is 28.7 Å². The quantitative estimate of drug-likeness (QED) is 0.426. The highest BCUT2D eigenvalue weighted by Crippen LogP contribution is 2.32. The summed E-state index contributed by atoms with van der Waals surface area (Å²) in [4.78, 5) is 23.7. The van der Waals surface area contributed by atoms with Gasteiger partial charge in [0.2, 0.25) is 0 Å². The molecule has 8 heteroatoms. The topological polar surface area (TPSA) is 90.7 Å². The normalized spacial score (nSPS) is 10.4. The van der Waals surface area contributed by atoms with Gasteiger partial charge in [-0.2, -0.15) is 0 Å². The first kappa shape index (κ1) is 18.7. The Morgan fingerprint density at radius 3 is 2.72 bits per heavy atom. The van der Waals surface area contributed by atoms with Crippen LogP contribution in [0.25, 0.3) is 0 Å². The Morgan fingerprint density at radius 1 is 1.36 bits per heavy atom. The van der Waals surface area contributed by atoms with Crippen LogP contribution in [0.3, 0.4) is 0 Å². The molecule has 0 saturated carbocycles. The average Bonchev–Trinajstić information content (AvgIpc) is 2.98. The number of benzene rings is 1. The summed E-state index contributed by atoms with van der Waals surface area (Å²) in [6, 6.07) is 6.42. The van der Waals surface area contributed by atoms with E-state index in [4.69, 9.17) is 9.47 Å². The fourth-order valence-electron chi connectivity index (χ4n) is 2.14. The second-order valence-corrected chi connectivity index (χ2v) is 6.58. The highest BCUT2D eigenvalue weighted by atomic mass is 32.1. The molecule has 0 bridgehead atoms. The number of unbranched alkanes of at least 4 members (excludes halogenated alkanes) is 1. The molecular weight excluding hydrogens is 344 g/mol. The monoisotopic (exact) mass is 364 g/mol. The van der Waals surface area contributed by atoms with Crippen LogP contribution in [0.2, 0.25) is 0 Å². The number of nitrogens with one attached hydrogen (secondary N) is 1. The molecule has 1 heterocycles. The predicted octanol–water partition coefficient (Wildman–Crippen LogP) is 4.40. The number of amides is 1. The Morgan fingerprint density at radius 2 is 2.12 bits per heavy atom. The highest BCUT2D eigenvalue weighted by Gasteiger charge is 2.20. The van der Waals surface area contributed by atoms with E-state index in [9.17, 15) is 14.9 Å². The fraction of sp³-hybridized carbons (Fsp3) is 0.353. The van der Waals surface area contributed by atoms with Gasteiger partial charge in [0.25, 0.3) is 11.6 Å². The summed E-state index contributed by atoms with van der Waals surface area (Å²) in [5, 5.41) is 13.7. The number of thiophene rings is 1. The number of anilines is 1. The van der Waals surface area contributed by atoms with Gasteiger partial charge in [0.1, 0.15) is 11.5 Å². The van der Waals surface area contributed by atoms with Gasteiger partial charge in [-0.05, 0) is 25.5 Å². The summed E-state index contributed by atoms with van der Waals surface area (Å²) in [5.41, 5.74) is 0.411. The number of carbonyl (C=O) groups is 1. The number of hydrogen-bond donors (Lipinski definition) is 1. The number of carbonyl (C=O) groups excluding carboxylic acids is 1. The first-order chi connectivity index (χ1) is 12.0. The van der Waals surface area contributed by atoms with Crippen LogP contribution in [0.15, 0.2) is 24.3 Å². The van der Waals surface area contributed by atoms with E-state index in [1.54, 1.807) is 25.1 Å². The molecule has 0 aliphatic carbocycles. The molecule has 0 atom stereocenters. The van der Waals surface area contributed by atoms with E-state index >= 15 is 0 Å². The van der Waals surface area contributed by atoms with Gasteiger partial charge in [-0.15, -0.1) is 11.3 Å². The van der Waals surface area contributed by atoms with Crippen molar-refractivity contribution in [1.82, 2.24) is 0 Å². The Labute approximate surface area is 149 Å². The zero-order valence-electron chi connectivity index (χ0n) is 14.3. The van der Waals surface area contributed by atoms with Crippen molar-refractivity contribution in [1.29, 1.82) is 0 Å². The molecule has 0 spiro atoms. The Balaban J connectivity index is 2.23. The van der Waals surface area contributed by atoms with E-state index in [1.807, 2.05) is 0 Å². The number of rotatable bonds is 8. The molecule has 1 aromatic carbocycles. The lowest BCUT2D eigenvalue weighted by Gasteiger charge is -2.13. The first-order valence-electron chi connectivity index (χ1n) is 7.83. The van der Waals surface area contributed by atoms with Gasteiger partial charge in [-0.25, -0.2) is 0 Å². The summed E-state index contributed by atoms with van der Waals surface area (Å²) in [6.07, 6.45) is 1.89. The maximum absolute atomic E-state index is 12.5. The van der Waals surface area contributed by atoms with Crippen molar-refractivity contribution >= 4 is 28.6 Å². The lowest BCUT2D eigenvalue weighted by Crippen LogP contribution is -2.12. The molecule has 1 aromatic heterocycles. The van der Waals surface area contributed by atoms with E-state index in [2.05, 4.69) is 12.2 Å². The van der Waals surface area contributed by atoms with Crippen molar-refractivity contribution in [3.8, 4) is 11.5 Å². The molecule has 0 unspecified atom stereocenters. The third-order valence-electron chi connectivity index (χ3n) is 3.50. The maximum atomic E-state index is 12.5. The molecule has 7 nitrogen and oxygen atoms in total. The summed E-state index contributed by atoms with van der Waals surface area (Å²) in [7, 11) is 1.53. The summed E-state index contributed by atoms with van der Waals surface area (Å²) < 4.78 is 10.9. The smallest absolute Gasteiger partial charge is 0.283 e. The molecule has 134 valence electrons. The molecule has 0 aliphatic rings. The van der Waals surface area contributed by atoms with Gasteiger partial charge in [-0.3, -0.25) is 14.9 Å². The van der Waals surface area contributed by atoms with E-state index in [0.717, 1.165) is 24.2 Å². The molecule has 0 saturated heterocycles. The minimum absolute atomic E-state index is 0.0554. The van der Waals surface area contributed by atoms with Crippen LogP contribution < -0.4 is 14.8 Å². The minimum atomic E-state index is -0.493. The molecule has 25 heavy (non-hydrogen) atoms. The number of methoxy groups -OCH3 is 1. The number of ether oxygens (including phenoxy) is 2. The second kappa shape index (κ2) is 8.48.